The summed E-state index contributed by atoms with van der Waals surface area (Å²) in [6.07, 6.45) is 1.90. The molecule has 0 bridgehead atoms. The van der Waals surface area contributed by atoms with E-state index < -0.39 is 46.7 Å². The molecule has 0 aliphatic heterocycles. The number of hydrogen-bond donors (Lipinski definition) is 1. The third kappa shape index (κ3) is 7.42. The number of nitro benzene ring substituents is 2. The van der Waals surface area contributed by atoms with E-state index in [1.165, 1.54) is 12.1 Å². The van der Waals surface area contributed by atoms with Crippen LogP contribution in [0, 0.1) is 27.2 Å². The van der Waals surface area contributed by atoms with Gasteiger partial charge in [-0.1, -0.05) is 13.5 Å². The molecular weight excluding hydrogens is 456 g/mol. The minimum atomic E-state index is -3.60. The van der Waals surface area contributed by atoms with E-state index in [1.54, 1.807) is 6.92 Å². The van der Waals surface area contributed by atoms with Crippen molar-refractivity contribution in [2.75, 3.05) is 12.5 Å². The van der Waals surface area contributed by atoms with Gasteiger partial charge in [-0.25, -0.2) is 21.6 Å². The second kappa shape index (κ2) is 10.1. The van der Waals surface area contributed by atoms with Crippen molar-refractivity contribution in [2.45, 2.75) is 24.1 Å². The highest BCUT2D eigenvalue weighted by Gasteiger charge is 2.22. The summed E-state index contributed by atoms with van der Waals surface area (Å²) < 4.78 is 44.4. The van der Waals surface area contributed by atoms with E-state index in [0.717, 1.165) is 36.8 Å². The summed E-state index contributed by atoms with van der Waals surface area (Å²) in [6, 6.07) is 6.51. The molecule has 14 heteroatoms. The first kappa shape index (κ1) is 27.6. The van der Waals surface area contributed by atoms with Gasteiger partial charge in [0.05, 0.1) is 19.6 Å². The first-order valence-electron chi connectivity index (χ1n) is 7.72. The van der Waals surface area contributed by atoms with Crippen LogP contribution >= 0.6 is 0 Å². The number of benzene rings is 2. The molecule has 0 aliphatic rings. The summed E-state index contributed by atoms with van der Waals surface area (Å²) >= 11 is 0. The Labute approximate surface area is 178 Å². The van der Waals surface area contributed by atoms with Gasteiger partial charge < -0.3 is 5.11 Å². The molecule has 0 radical (unpaired) electrons. The molecule has 0 amide bonds. The van der Waals surface area contributed by atoms with Gasteiger partial charge in [0.2, 0.25) is 0 Å². The zero-order chi connectivity index (χ0) is 23.4. The summed E-state index contributed by atoms with van der Waals surface area (Å²) in [5.41, 5.74) is -1.01. The average Bonchev–Trinajstić information content (AvgIpc) is 2.60. The lowest BCUT2D eigenvalue weighted by atomic mass is 10.2. The first-order valence-corrected chi connectivity index (χ1v) is 11.5. The minimum Gasteiger partial charge on any atom is -0.477 e. The van der Waals surface area contributed by atoms with Crippen LogP contribution in [0.15, 0.2) is 46.2 Å². The number of nitrogens with zero attached hydrogens (tertiary/aromatic N) is 2. The molecule has 0 atom stereocenters. The van der Waals surface area contributed by atoms with Gasteiger partial charge in [0.25, 0.3) is 11.4 Å². The Morgan fingerprint density at radius 2 is 1.23 bits per heavy atom. The fraction of sp³-hybridized carbons (Fsp3) is 0.235. The van der Waals surface area contributed by atoms with Gasteiger partial charge in [-0.05, 0) is 25.1 Å². The third-order valence-corrected chi connectivity index (χ3v) is 5.85. The van der Waals surface area contributed by atoms with Crippen molar-refractivity contribution in [2.24, 2.45) is 0 Å². The van der Waals surface area contributed by atoms with Crippen LogP contribution in [0.3, 0.4) is 0 Å². The van der Waals surface area contributed by atoms with Gasteiger partial charge in [-0.15, -0.1) is 0 Å². The summed E-state index contributed by atoms with van der Waals surface area (Å²) in [6.45, 7) is 1.56. The molecule has 0 heterocycles. The van der Waals surface area contributed by atoms with Gasteiger partial charge >= 0.3 is 5.97 Å². The summed E-state index contributed by atoms with van der Waals surface area (Å²) in [5.74, 6) is -1.48. The largest absolute Gasteiger partial charge is 0.477 e. The maximum Gasteiger partial charge on any atom is 0.342 e. The summed E-state index contributed by atoms with van der Waals surface area (Å²) in [5, 5.41) is 29.7. The highest BCUT2D eigenvalue weighted by atomic mass is 32.2. The molecule has 0 fully saturated rings. The molecule has 0 saturated carbocycles. The molecule has 2 rings (SSSR count). The molecular formula is C17H20N2O10S2. The Hall–Kier alpha value is -3.39. The lowest BCUT2D eigenvalue weighted by Crippen LogP contribution is -2.05. The lowest BCUT2D eigenvalue weighted by molar-refractivity contribution is -0.385. The topological polar surface area (TPSA) is 192 Å². The van der Waals surface area contributed by atoms with Crippen molar-refractivity contribution in [1.29, 1.82) is 0 Å². The molecule has 1 N–H and O–H groups in total. The number of nitro groups is 2. The van der Waals surface area contributed by atoms with Crippen LogP contribution in [-0.2, 0) is 19.7 Å². The Morgan fingerprint density at radius 1 is 0.839 bits per heavy atom. The SMILES string of the molecule is C.CS(=O)(=O)c1ccc(C(=O)O)c([N+](=O)[O-])c1.Cc1ccc(S(C)(=O)=O)cc1[N+](=O)[O-]. The molecule has 12 nitrogen and oxygen atoms in total. The predicted octanol–water partition coefficient (Wildman–Crippen LogP) is 2.64. The van der Waals surface area contributed by atoms with E-state index in [2.05, 4.69) is 0 Å². The van der Waals surface area contributed by atoms with Crippen molar-refractivity contribution in [3.8, 4) is 0 Å². The molecule has 0 aromatic heterocycles. The van der Waals surface area contributed by atoms with E-state index in [9.17, 15) is 41.9 Å². The number of aryl methyl sites for hydroxylation is 1. The van der Waals surface area contributed by atoms with E-state index in [1.807, 2.05) is 0 Å². The monoisotopic (exact) mass is 476 g/mol. The van der Waals surface area contributed by atoms with Gasteiger partial charge in [0.1, 0.15) is 5.56 Å². The minimum absolute atomic E-state index is 0. The third-order valence-electron chi connectivity index (χ3n) is 3.63. The highest BCUT2D eigenvalue weighted by Crippen LogP contribution is 2.23. The van der Waals surface area contributed by atoms with Crippen molar-refractivity contribution >= 4 is 37.0 Å². The van der Waals surface area contributed by atoms with Crippen LogP contribution in [0.2, 0.25) is 0 Å². The number of sulfone groups is 2. The number of carboxylic acids is 1. The smallest absolute Gasteiger partial charge is 0.342 e. The predicted molar refractivity (Wildman–Crippen MR) is 111 cm³/mol. The van der Waals surface area contributed by atoms with Crippen LogP contribution in [-0.4, -0.2) is 50.3 Å². The van der Waals surface area contributed by atoms with Gasteiger partial charge in [-0.2, -0.15) is 0 Å². The molecule has 31 heavy (non-hydrogen) atoms. The van der Waals surface area contributed by atoms with E-state index >= 15 is 0 Å². The molecule has 2 aromatic carbocycles. The fourth-order valence-corrected chi connectivity index (χ4v) is 3.37. The van der Waals surface area contributed by atoms with Gasteiger partial charge in [0, 0.05) is 30.2 Å². The number of aromatic carboxylic acids is 1. The standard InChI is InChI=1S/C8H7NO6S.C8H9NO4S.CH4/c1-16(14,15)5-2-3-6(8(10)11)7(4-5)9(12)13;1-6-3-4-7(14(2,12)13)5-8(6)9(10)11;/h2-4H,1H3,(H,10,11);3-5H,1-2H3;1H4. The van der Waals surface area contributed by atoms with Crippen molar-refractivity contribution in [3.05, 3.63) is 67.8 Å². The molecule has 2 aromatic rings. The molecule has 170 valence electrons. The van der Waals surface area contributed by atoms with E-state index in [-0.39, 0.29) is 22.9 Å². The van der Waals surface area contributed by atoms with Crippen molar-refractivity contribution < 1.29 is 36.6 Å². The fourth-order valence-electron chi connectivity index (χ4n) is 2.09. The second-order valence-corrected chi connectivity index (χ2v) is 10.0. The second-order valence-electron chi connectivity index (χ2n) is 5.99. The quantitative estimate of drug-likeness (QED) is 0.495. The molecule has 0 saturated heterocycles. The number of rotatable bonds is 5. The number of carbonyl (C=O) groups is 1. The normalized spacial score (nSPS) is 10.8. The zero-order valence-electron chi connectivity index (χ0n) is 15.8. The van der Waals surface area contributed by atoms with Crippen LogP contribution < -0.4 is 0 Å². The van der Waals surface area contributed by atoms with Crippen LogP contribution in [0.4, 0.5) is 11.4 Å². The molecule has 0 spiro atoms. The van der Waals surface area contributed by atoms with Crippen LogP contribution in [0.5, 0.6) is 0 Å². The van der Waals surface area contributed by atoms with Crippen LogP contribution in [0.25, 0.3) is 0 Å². The lowest BCUT2D eigenvalue weighted by Gasteiger charge is -2.01. The summed E-state index contributed by atoms with van der Waals surface area (Å²) in [7, 11) is -6.98. The maximum absolute atomic E-state index is 11.1. The zero-order valence-corrected chi connectivity index (χ0v) is 17.4. The Kier molecular flexibility index (Phi) is 8.98. The van der Waals surface area contributed by atoms with Crippen molar-refractivity contribution in [1.82, 2.24) is 0 Å². The molecule has 0 unspecified atom stereocenters. The summed E-state index contributed by atoms with van der Waals surface area (Å²) in [4.78, 5) is 29.9. The number of hydrogen-bond acceptors (Lipinski definition) is 9. The first-order chi connectivity index (χ1) is 13.6. The van der Waals surface area contributed by atoms with Gasteiger partial charge in [-0.3, -0.25) is 20.2 Å². The van der Waals surface area contributed by atoms with Crippen molar-refractivity contribution in [3.63, 3.8) is 0 Å². The van der Waals surface area contributed by atoms with Crippen LogP contribution in [0.1, 0.15) is 23.3 Å². The molecule has 0 aliphatic carbocycles. The van der Waals surface area contributed by atoms with E-state index in [4.69, 9.17) is 5.11 Å². The maximum atomic E-state index is 11.1. The Bertz CT molecular complexity index is 1240. The van der Waals surface area contributed by atoms with Gasteiger partial charge in [0.15, 0.2) is 19.7 Å². The Morgan fingerprint density at radius 3 is 1.58 bits per heavy atom. The van der Waals surface area contributed by atoms with E-state index in [0.29, 0.717) is 5.56 Å². The average molecular weight is 476 g/mol. The highest BCUT2D eigenvalue weighted by molar-refractivity contribution is 7.91. The number of carboxylic acid groups (broad SMARTS) is 1. The Balaban J connectivity index is 0.000000567.